The van der Waals surface area contributed by atoms with E-state index in [2.05, 4.69) is 5.32 Å². The maximum absolute atomic E-state index is 11.9. The lowest BCUT2D eigenvalue weighted by atomic mass is 9.89. The van der Waals surface area contributed by atoms with E-state index in [4.69, 9.17) is 0 Å². The maximum Gasteiger partial charge on any atom is 0.270 e. The number of fused-ring (bicyclic) bond motifs is 2. The highest BCUT2D eigenvalue weighted by Gasteiger charge is 2.39. The number of nitrogens with one attached hydrogen (secondary N) is 1. The van der Waals surface area contributed by atoms with Gasteiger partial charge in [-0.1, -0.05) is 6.42 Å². The van der Waals surface area contributed by atoms with Gasteiger partial charge in [-0.3, -0.25) is 10.1 Å². The van der Waals surface area contributed by atoms with Gasteiger partial charge in [0.2, 0.25) is 0 Å². The highest BCUT2D eigenvalue weighted by atomic mass is 32.2. The summed E-state index contributed by atoms with van der Waals surface area (Å²) in [7, 11) is -3.51. The van der Waals surface area contributed by atoms with E-state index in [1.807, 2.05) is 0 Å². The van der Waals surface area contributed by atoms with Crippen molar-refractivity contribution in [3.8, 4) is 0 Å². The monoisotopic (exact) mass is 324 g/mol. The smallest absolute Gasteiger partial charge is 0.270 e. The number of hydrogen-bond acceptors (Lipinski definition) is 5. The van der Waals surface area contributed by atoms with Crippen LogP contribution < -0.4 is 5.32 Å². The molecule has 2 saturated carbocycles. The van der Waals surface area contributed by atoms with Crippen molar-refractivity contribution in [3.63, 3.8) is 0 Å². The largest absolute Gasteiger partial charge is 0.384 e. The molecule has 2 bridgehead atoms. The highest BCUT2D eigenvalue weighted by Crippen LogP contribution is 2.48. The molecule has 3 rings (SSSR count). The molecule has 22 heavy (non-hydrogen) atoms. The van der Waals surface area contributed by atoms with Gasteiger partial charge in [0.1, 0.15) is 0 Å². The van der Waals surface area contributed by atoms with Gasteiger partial charge in [-0.15, -0.1) is 0 Å². The minimum absolute atomic E-state index is 0.00450. The van der Waals surface area contributed by atoms with Crippen LogP contribution in [0.4, 0.5) is 11.4 Å². The summed E-state index contributed by atoms with van der Waals surface area (Å²) in [5, 5.41) is 14.0. The molecule has 3 unspecified atom stereocenters. The second-order valence-electron chi connectivity index (χ2n) is 6.53. The van der Waals surface area contributed by atoms with Crippen molar-refractivity contribution >= 4 is 21.2 Å². The van der Waals surface area contributed by atoms with E-state index in [0.29, 0.717) is 11.6 Å². The molecule has 6 nitrogen and oxygen atoms in total. The molecule has 0 aliphatic heterocycles. The Hall–Kier alpha value is -1.63. The Kier molecular flexibility index (Phi) is 3.84. The number of nitro benzene ring substituents is 1. The first-order valence-corrected chi connectivity index (χ1v) is 9.46. The molecule has 0 amide bonds. The summed E-state index contributed by atoms with van der Waals surface area (Å²) in [4.78, 5) is 10.3. The standard InChI is InChI=1S/C15H20N2O4S/c1-22(20,21)15-8-13(17(18)19)4-5-14(15)16-9-12-7-10-2-3-11(12)6-10/h4-5,8,10-12,16H,2-3,6-7,9H2,1H3. The van der Waals surface area contributed by atoms with Crippen LogP contribution in [0.1, 0.15) is 25.7 Å². The topological polar surface area (TPSA) is 89.3 Å². The number of nitrogens with zero attached hydrogens (tertiary/aromatic N) is 1. The van der Waals surface area contributed by atoms with E-state index in [1.54, 1.807) is 0 Å². The van der Waals surface area contributed by atoms with Gasteiger partial charge in [0.15, 0.2) is 9.84 Å². The third-order valence-corrected chi connectivity index (χ3v) is 6.15. The molecule has 2 fully saturated rings. The van der Waals surface area contributed by atoms with Crippen LogP contribution in [0.15, 0.2) is 23.1 Å². The lowest BCUT2D eigenvalue weighted by Crippen LogP contribution is -2.21. The molecule has 1 aromatic rings. The number of non-ortho nitro benzene ring substituents is 1. The summed E-state index contributed by atoms with van der Waals surface area (Å²) >= 11 is 0. The van der Waals surface area contributed by atoms with Gasteiger partial charge in [-0.2, -0.15) is 0 Å². The number of hydrogen-bond donors (Lipinski definition) is 1. The molecule has 2 aliphatic rings. The third-order valence-electron chi connectivity index (χ3n) is 5.01. The lowest BCUT2D eigenvalue weighted by Gasteiger charge is -2.23. The Labute approximate surface area is 130 Å². The SMILES string of the molecule is CS(=O)(=O)c1cc([N+](=O)[O-])ccc1NCC1CC2CCC1C2. The second kappa shape index (κ2) is 5.53. The summed E-state index contributed by atoms with van der Waals surface area (Å²) in [6.45, 7) is 0.738. The molecule has 0 spiro atoms. The molecule has 0 radical (unpaired) electrons. The summed E-state index contributed by atoms with van der Waals surface area (Å²) in [6.07, 6.45) is 6.18. The van der Waals surface area contributed by atoms with Crippen LogP contribution in [0.25, 0.3) is 0 Å². The average Bonchev–Trinajstić information content (AvgIpc) is 3.06. The Balaban J connectivity index is 1.79. The second-order valence-corrected chi connectivity index (χ2v) is 8.51. The zero-order valence-corrected chi connectivity index (χ0v) is 13.3. The van der Waals surface area contributed by atoms with Crippen LogP contribution in [0.3, 0.4) is 0 Å². The third kappa shape index (κ3) is 2.95. The van der Waals surface area contributed by atoms with Crippen molar-refractivity contribution in [1.29, 1.82) is 0 Å². The molecule has 7 heteroatoms. The number of benzene rings is 1. The molecule has 0 saturated heterocycles. The van der Waals surface area contributed by atoms with E-state index < -0.39 is 14.8 Å². The van der Waals surface area contributed by atoms with Gasteiger partial charge in [0, 0.05) is 24.9 Å². The fraction of sp³-hybridized carbons (Fsp3) is 0.600. The van der Waals surface area contributed by atoms with Gasteiger partial charge >= 0.3 is 0 Å². The van der Waals surface area contributed by atoms with Crippen molar-refractivity contribution < 1.29 is 13.3 Å². The van der Waals surface area contributed by atoms with Gasteiger partial charge in [0.05, 0.1) is 15.5 Å². The quantitative estimate of drug-likeness (QED) is 0.664. The molecule has 1 N–H and O–H groups in total. The number of sulfone groups is 1. The molecule has 2 aliphatic carbocycles. The normalized spacial score (nSPS) is 27.0. The van der Waals surface area contributed by atoms with Crippen LogP contribution in [-0.4, -0.2) is 26.1 Å². The number of rotatable bonds is 5. The van der Waals surface area contributed by atoms with Gasteiger partial charge in [-0.05, 0) is 43.1 Å². The van der Waals surface area contributed by atoms with Crippen molar-refractivity contribution in [3.05, 3.63) is 28.3 Å². The molecule has 0 heterocycles. The van der Waals surface area contributed by atoms with Crippen LogP contribution in [-0.2, 0) is 9.84 Å². The molecule has 1 aromatic carbocycles. The summed E-state index contributed by atoms with van der Waals surface area (Å²) < 4.78 is 23.8. The fourth-order valence-electron chi connectivity index (χ4n) is 3.94. The molecule has 120 valence electrons. The van der Waals surface area contributed by atoms with Crippen molar-refractivity contribution in [2.75, 3.05) is 18.1 Å². The predicted octanol–water partition coefficient (Wildman–Crippen LogP) is 2.85. The van der Waals surface area contributed by atoms with E-state index in [-0.39, 0.29) is 10.6 Å². The molecule has 0 aromatic heterocycles. The molecular formula is C15H20N2O4S. The summed E-state index contributed by atoms with van der Waals surface area (Å²) in [5.41, 5.74) is 0.266. The van der Waals surface area contributed by atoms with E-state index >= 15 is 0 Å². The van der Waals surface area contributed by atoms with Gasteiger partial charge in [-0.25, -0.2) is 8.42 Å². The minimum atomic E-state index is -3.51. The fourth-order valence-corrected chi connectivity index (χ4v) is 4.82. The number of nitro groups is 1. The highest BCUT2D eigenvalue weighted by molar-refractivity contribution is 7.90. The first-order chi connectivity index (χ1) is 10.3. The summed E-state index contributed by atoms with van der Waals surface area (Å²) in [5.74, 6) is 2.17. The van der Waals surface area contributed by atoms with Crippen LogP contribution in [0.2, 0.25) is 0 Å². The lowest BCUT2D eigenvalue weighted by molar-refractivity contribution is -0.385. The van der Waals surface area contributed by atoms with E-state index in [9.17, 15) is 18.5 Å². The Morgan fingerprint density at radius 1 is 1.32 bits per heavy atom. The Bertz CT molecular complexity index is 701. The summed E-state index contributed by atoms with van der Waals surface area (Å²) in [6, 6.07) is 3.98. The van der Waals surface area contributed by atoms with E-state index in [0.717, 1.165) is 30.7 Å². The maximum atomic E-state index is 11.9. The average molecular weight is 324 g/mol. The molecular weight excluding hydrogens is 304 g/mol. The zero-order chi connectivity index (χ0) is 15.9. The Morgan fingerprint density at radius 2 is 2.09 bits per heavy atom. The van der Waals surface area contributed by atoms with Crippen LogP contribution >= 0.6 is 0 Å². The van der Waals surface area contributed by atoms with E-state index in [1.165, 1.54) is 37.8 Å². The zero-order valence-electron chi connectivity index (χ0n) is 12.5. The van der Waals surface area contributed by atoms with Crippen molar-refractivity contribution in [1.82, 2.24) is 0 Å². The van der Waals surface area contributed by atoms with Crippen molar-refractivity contribution in [2.45, 2.75) is 30.6 Å². The number of anilines is 1. The van der Waals surface area contributed by atoms with Crippen LogP contribution in [0.5, 0.6) is 0 Å². The minimum Gasteiger partial charge on any atom is -0.384 e. The Morgan fingerprint density at radius 3 is 2.64 bits per heavy atom. The van der Waals surface area contributed by atoms with Gasteiger partial charge in [0.25, 0.3) is 5.69 Å². The molecule has 3 atom stereocenters. The van der Waals surface area contributed by atoms with Crippen molar-refractivity contribution in [2.24, 2.45) is 17.8 Å². The predicted molar refractivity (Wildman–Crippen MR) is 83.6 cm³/mol. The van der Waals surface area contributed by atoms with Gasteiger partial charge < -0.3 is 5.32 Å². The first-order valence-electron chi connectivity index (χ1n) is 7.57. The van der Waals surface area contributed by atoms with Crippen LogP contribution in [0, 0.1) is 27.9 Å². The first kappa shape index (κ1) is 15.3.